The molecule has 0 aliphatic rings. The highest BCUT2D eigenvalue weighted by Gasteiger charge is 2.18. The molecule has 2 nitrogen and oxygen atoms in total. The van der Waals surface area contributed by atoms with Crippen molar-refractivity contribution in [2.24, 2.45) is 0 Å². The van der Waals surface area contributed by atoms with Crippen LogP contribution in [0.2, 0.25) is 0 Å². The lowest BCUT2D eigenvalue weighted by Crippen LogP contribution is -2.09. The van der Waals surface area contributed by atoms with Gasteiger partial charge in [-0.2, -0.15) is 0 Å². The monoisotopic (exact) mass is 790 g/mol. The lowest BCUT2D eigenvalue weighted by Gasteiger charge is -2.26. The van der Waals surface area contributed by atoms with Crippen LogP contribution < -0.4 is 4.90 Å². The summed E-state index contributed by atoms with van der Waals surface area (Å²) < 4.78 is 2.44. The van der Waals surface area contributed by atoms with Crippen LogP contribution in [-0.2, 0) is 0 Å². The minimum absolute atomic E-state index is 1.09. The number of hydrogen-bond donors (Lipinski definition) is 0. The topological polar surface area (TPSA) is 8.17 Å². The standard InChI is InChI=1S/C60H42N2/c1-4-14-43(15-5-1)46-24-26-49(27-25-46)51-34-41-60-57(42-51)56-21-11-13-23-59(56)62(60)58-22-12-10-20-55(58)50-32-39-54(40-33-50)61(52-35-28-47(29-36-52)44-16-6-2-7-17-44)53-37-30-48(31-38-53)45-18-8-3-9-19-45/h1-42H. The summed E-state index contributed by atoms with van der Waals surface area (Å²) in [6, 6.07) is 91.9. The molecule has 0 unspecified atom stereocenters. The average molecular weight is 791 g/mol. The van der Waals surface area contributed by atoms with Crippen LogP contribution >= 0.6 is 0 Å². The first-order valence-corrected chi connectivity index (χ1v) is 21.3. The Bertz CT molecular complexity index is 3190. The highest BCUT2D eigenvalue weighted by Crippen LogP contribution is 2.41. The molecule has 0 saturated heterocycles. The van der Waals surface area contributed by atoms with Gasteiger partial charge in [0.25, 0.3) is 0 Å². The van der Waals surface area contributed by atoms with Gasteiger partial charge in [0.2, 0.25) is 0 Å². The molecule has 292 valence electrons. The van der Waals surface area contributed by atoms with Gasteiger partial charge in [0.15, 0.2) is 0 Å². The molecule has 0 atom stereocenters. The smallest absolute Gasteiger partial charge is 0.0541 e. The maximum absolute atomic E-state index is 2.44. The van der Waals surface area contributed by atoms with Gasteiger partial charge in [-0.15, -0.1) is 0 Å². The number of anilines is 3. The molecule has 0 spiro atoms. The lowest BCUT2D eigenvalue weighted by molar-refractivity contribution is 1.18. The SMILES string of the molecule is c1ccc(-c2ccc(-c3ccc4c(c3)c3ccccc3n4-c3ccccc3-c3ccc(N(c4ccc(-c5ccccc5)cc4)c4ccc(-c5ccccc5)cc4)cc3)cc2)cc1. The van der Waals surface area contributed by atoms with Gasteiger partial charge in [0.05, 0.1) is 16.7 Å². The predicted molar refractivity (Wildman–Crippen MR) is 263 cm³/mol. The normalized spacial score (nSPS) is 11.2. The van der Waals surface area contributed by atoms with E-state index in [4.69, 9.17) is 0 Å². The van der Waals surface area contributed by atoms with Gasteiger partial charge in [-0.1, -0.05) is 194 Å². The summed E-state index contributed by atoms with van der Waals surface area (Å²) in [5.41, 5.74) is 18.8. The molecule has 11 rings (SSSR count). The third-order valence-electron chi connectivity index (χ3n) is 12.0. The number of para-hydroxylation sites is 2. The van der Waals surface area contributed by atoms with Crippen LogP contribution in [-0.4, -0.2) is 4.57 Å². The first kappa shape index (κ1) is 36.8. The maximum Gasteiger partial charge on any atom is 0.0541 e. The Morgan fingerprint density at radius 3 is 1.11 bits per heavy atom. The zero-order valence-corrected chi connectivity index (χ0v) is 34.1. The second kappa shape index (κ2) is 16.1. The molecular weight excluding hydrogens is 749 g/mol. The van der Waals surface area contributed by atoms with Crippen molar-refractivity contribution in [3.63, 3.8) is 0 Å². The van der Waals surface area contributed by atoms with Crippen LogP contribution in [0.5, 0.6) is 0 Å². The van der Waals surface area contributed by atoms with Gasteiger partial charge < -0.3 is 9.47 Å². The van der Waals surface area contributed by atoms with Crippen LogP contribution in [0.15, 0.2) is 255 Å². The Kier molecular flexibility index (Phi) is 9.57. The number of rotatable bonds is 9. The Hall–Kier alpha value is -8.20. The van der Waals surface area contributed by atoms with E-state index >= 15 is 0 Å². The first-order valence-electron chi connectivity index (χ1n) is 21.3. The van der Waals surface area contributed by atoms with Crippen LogP contribution in [0.25, 0.3) is 83.1 Å². The van der Waals surface area contributed by atoms with Crippen molar-refractivity contribution in [2.45, 2.75) is 0 Å². The zero-order valence-electron chi connectivity index (χ0n) is 34.1. The van der Waals surface area contributed by atoms with E-state index in [9.17, 15) is 0 Å². The summed E-state index contributed by atoms with van der Waals surface area (Å²) in [7, 11) is 0. The molecule has 2 heteroatoms. The van der Waals surface area contributed by atoms with Gasteiger partial charge in [-0.05, 0) is 111 Å². The fourth-order valence-electron chi connectivity index (χ4n) is 8.91. The molecule has 0 aliphatic carbocycles. The second-order valence-corrected chi connectivity index (χ2v) is 15.8. The molecule has 0 radical (unpaired) electrons. The van der Waals surface area contributed by atoms with E-state index in [2.05, 4.69) is 264 Å². The largest absolute Gasteiger partial charge is 0.311 e. The lowest BCUT2D eigenvalue weighted by atomic mass is 9.99. The number of nitrogens with zero attached hydrogens (tertiary/aromatic N) is 2. The minimum atomic E-state index is 1.09. The summed E-state index contributed by atoms with van der Waals surface area (Å²) in [6.07, 6.45) is 0. The molecule has 11 aromatic rings. The van der Waals surface area contributed by atoms with Gasteiger partial charge >= 0.3 is 0 Å². The molecular formula is C60H42N2. The van der Waals surface area contributed by atoms with Crippen LogP contribution in [0.1, 0.15) is 0 Å². The van der Waals surface area contributed by atoms with Crippen molar-refractivity contribution in [1.29, 1.82) is 0 Å². The van der Waals surface area contributed by atoms with Crippen molar-refractivity contribution < 1.29 is 0 Å². The third kappa shape index (κ3) is 6.94. The number of hydrogen-bond acceptors (Lipinski definition) is 1. The van der Waals surface area contributed by atoms with Crippen molar-refractivity contribution in [1.82, 2.24) is 4.57 Å². The van der Waals surface area contributed by atoms with Gasteiger partial charge in [0, 0.05) is 33.4 Å². The molecule has 0 aliphatic heterocycles. The summed E-state index contributed by atoms with van der Waals surface area (Å²) in [5.74, 6) is 0. The predicted octanol–water partition coefficient (Wildman–Crippen LogP) is 16.6. The van der Waals surface area contributed by atoms with E-state index in [1.807, 2.05) is 0 Å². The molecule has 1 aromatic heterocycles. The Labute approximate surface area is 362 Å². The minimum Gasteiger partial charge on any atom is -0.311 e. The van der Waals surface area contributed by atoms with E-state index in [0.29, 0.717) is 0 Å². The van der Waals surface area contributed by atoms with E-state index < -0.39 is 0 Å². The van der Waals surface area contributed by atoms with Gasteiger partial charge in [-0.25, -0.2) is 0 Å². The Morgan fingerprint density at radius 1 is 0.242 bits per heavy atom. The van der Waals surface area contributed by atoms with Crippen molar-refractivity contribution in [3.05, 3.63) is 255 Å². The zero-order chi connectivity index (χ0) is 41.2. The molecule has 0 N–H and O–H groups in total. The Balaban J connectivity index is 0.967. The third-order valence-corrected chi connectivity index (χ3v) is 12.0. The Morgan fingerprint density at radius 2 is 0.597 bits per heavy atom. The van der Waals surface area contributed by atoms with Crippen molar-refractivity contribution in [2.75, 3.05) is 4.90 Å². The second-order valence-electron chi connectivity index (χ2n) is 15.8. The number of aromatic nitrogens is 1. The average Bonchev–Trinajstić information content (AvgIpc) is 3.69. The molecule has 62 heavy (non-hydrogen) atoms. The highest BCUT2D eigenvalue weighted by molar-refractivity contribution is 6.11. The fourth-order valence-corrected chi connectivity index (χ4v) is 8.91. The van der Waals surface area contributed by atoms with Crippen LogP contribution in [0.4, 0.5) is 17.1 Å². The molecule has 0 fully saturated rings. The highest BCUT2D eigenvalue weighted by atomic mass is 15.1. The molecule has 10 aromatic carbocycles. The summed E-state index contributed by atoms with van der Waals surface area (Å²) in [5, 5.41) is 2.48. The summed E-state index contributed by atoms with van der Waals surface area (Å²) >= 11 is 0. The fraction of sp³-hybridized carbons (Fsp3) is 0. The van der Waals surface area contributed by atoms with Crippen LogP contribution in [0.3, 0.4) is 0 Å². The van der Waals surface area contributed by atoms with Gasteiger partial charge in [-0.3, -0.25) is 0 Å². The molecule has 0 bridgehead atoms. The van der Waals surface area contributed by atoms with E-state index in [0.717, 1.165) is 28.3 Å². The van der Waals surface area contributed by atoms with E-state index in [-0.39, 0.29) is 0 Å². The number of benzene rings is 10. The van der Waals surface area contributed by atoms with Gasteiger partial charge in [0.1, 0.15) is 0 Å². The molecule has 0 amide bonds. The van der Waals surface area contributed by atoms with Crippen molar-refractivity contribution >= 4 is 38.9 Å². The first-order chi connectivity index (χ1) is 30.7. The van der Waals surface area contributed by atoms with Crippen LogP contribution in [0, 0.1) is 0 Å². The summed E-state index contributed by atoms with van der Waals surface area (Å²) in [4.78, 5) is 2.35. The quantitative estimate of drug-likeness (QED) is 0.141. The summed E-state index contributed by atoms with van der Waals surface area (Å²) in [6.45, 7) is 0. The van der Waals surface area contributed by atoms with Crippen molar-refractivity contribution in [3.8, 4) is 61.3 Å². The molecule has 1 heterocycles. The van der Waals surface area contributed by atoms with E-state index in [1.54, 1.807) is 0 Å². The van der Waals surface area contributed by atoms with E-state index in [1.165, 1.54) is 71.9 Å². The molecule has 0 saturated carbocycles. The number of fused-ring (bicyclic) bond motifs is 3. The maximum atomic E-state index is 2.44.